The average molecular weight is 618 g/mol. The Morgan fingerprint density at radius 2 is 1.20 bits per heavy atom. The van der Waals surface area contributed by atoms with E-state index in [0.29, 0.717) is 35.6 Å². The molecule has 6 rings (SSSR count). The minimum Gasteiger partial charge on any atom is -0.357 e. The van der Waals surface area contributed by atoms with E-state index in [1.54, 1.807) is 24.3 Å². The molecular weight excluding hydrogens is 587 g/mol. The molecule has 0 bridgehead atoms. The number of fused-ring (bicyclic) bond motifs is 6. The van der Waals surface area contributed by atoms with Crippen molar-refractivity contribution in [2.24, 2.45) is 0 Å². The summed E-state index contributed by atoms with van der Waals surface area (Å²) < 4.78 is 0. The predicted molar refractivity (Wildman–Crippen MR) is 163 cm³/mol. The number of nitro groups is 2. The van der Waals surface area contributed by atoms with Crippen LogP contribution in [0.15, 0.2) is 34.1 Å². The Morgan fingerprint density at radius 3 is 1.59 bits per heavy atom. The van der Waals surface area contributed by atoms with Crippen LogP contribution in [0.3, 0.4) is 0 Å². The second kappa shape index (κ2) is 11.8. The molecule has 0 saturated carbocycles. The molecule has 2 aromatic heterocycles. The second-order valence-corrected chi connectivity index (χ2v) is 12.5. The van der Waals surface area contributed by atoms with Crippen molar-refractivity contribution in [3.8, 4) is 0 Å². The molecule has 2 aliphatic rings. The first-order valence-electron chi connectivity index (χ1n) is 13.8. The molecule has 2 unspecified atom stereocenters. The molecule has 4 N–H and O–H groups in total. The highest BCUT2D eigenvalue weighted by atomic mass is 35.5. The molecular formula is C28H30Cl2N6O4S. The lowest BCUT2D eigenvalue weighted by Crippen LogP contribution is -2.35. The van der Waals surface area contributed by atoms with Gasteiger partial charge in [0, 0.05) is 94.2 Å². The standard InChI is InChI=1S/C28H30Cl2N6O4S/c29-9-1-3-15-11-19-17(13-31-15)25-21(35(37)38)5-7-23(27(25)33-19)41-24-8-6-22(36(39)40)26-18-14-32-16(4-2-10-30)12-20(18)34-28(24)26/h5-8,15-16,31-34H,1-4,9-14H2. The molecule has 2 atom stereocenters. The van der Waals surface area contributed by atoms with Crippen LogP contribution in [-0.4, -0.2) is 43.7 Å². The van der Waals surface area contributed by atoms with Crippen LogP contribution >= 0.6 is 35.0 Å². The van der Waals surface area contributed by atoms with Gasteiger partial charge in [0.05, 0.1) is 31.7 Å². The minimum absolute atomic E-state index is 0.0705. The number of alkyl halides is 2. The van der Waals surface area contributed by atoms with Crippen molar-refractivity contribution in [2.75, 3.05) is 11.8 Å². The average Bonchev–Trinajstić information content (AvgIpc) is 3.54. The molecule has 0 saturated heterocycles. The third kappa shape index (κ3) is 5.30. The van der Waals surface area contributed by atoms with E-state index in [4.69, 9.17) is 23.2 Å². The van der Waals surface area contributed by atoms with Crippen molar-refractivity contribution in [2.45, 2.75) is 73.5 Å². The lowest BCUT2D eigenvalue weighted by Gasteiger charge is -2.23. The number of aromatic nitrogens is 2. The van der Waals surface area contributed by atoms with Gasteiger partial charge >= 0.3 is 0 Å². The molecule has 0 amide bonds. The highest BCUT2D eigenvalue weighted by molar-refractivity contribution is 7.99. The van der Waals surface area contributed by atoms with E-state index in [9.17, 15) is 20.2 Å². The Kier molecular flexibility index (Phi) is 8.15. The molecule has 216 valence electrons. The number of aromatic amines is 2. The van der Waals surface area contributed by atoms with Crippen LogP contribution in [0.25, 0.3) is 21.8 Å². The molecule has 4 heterocycles. The van der Waals surface area contributed by atoms with E-state index < -0.39 is 0 Å². The summed E-state index contributed by atoms with van der Waals surface area (Å²) in [6.07, 6.45) is 5.14. The van der Waals surface area contributed by atoms with E-state index in [-0.39, 0.29) is 33.3 Å². The van der Waals surface area contributed by atoms with Gasteiger partial charge in [-0.2, -0.15) is 0 Å². The molecule has 0 aliphatic carbocycles. The molecule has 0 fully saturated rings. The molecule has 4 aromatic rings. The Bertz CT molecular complexity index is 1530. The number of halogens is 2. The Morgan fingerprint density at radius 1 is 0.756 bits per heavy atom. The van der Waals surface area contributed by atoms with Crippen LogP contribution in [0, 0.1) is 20.2 Å². The zero-order valence-corrected chi connectivity index (χ0v) is 24.6. The van der Waals surface area contributed by atoms with Gasteiger partial charge in [-0.3, -0.25) is 20.2 Å². The first-order valence-corrected chi connectivity index (χ1v) is 15.7. The molecule has 2 aromatic carbocycles. The highest BCUT2D eigenvalue weighted by Gasteiger charge is 2.30. The zero-order valence-electron chi connectivity index (χ0n) is 22.2. The van der Waals surface area contributed by atoms with E-state index >= 15 is 0 Å². The number of hydrogen-bond acceptors (Lipinski definition) is 7. The van der Waals surface area contributed by atoms with Crippen LogP contribution < -0.4 is 10.6 Å². The molecule has 13 heteroatoms. The summed E-state index contributed by atoms with van der Waals surface area (Å²) in [7, 11) is 0. The lowest BCUT2D eigenvalue weighted by atomic mass is 9.97. The maximum absolute atomic E-state index is 12.0. The molecule has 0 spiro atoms. The molecule has 10 nitrogen and oxygen atoms in total. The van der Waals surface area contributed by atoms with Crippen LogP contribution in [0.1, 0.15) is 48.2 Å². The summed E-state index contributed by atoms with van der Waals surface area (Å²) in [6, 6.07) is 7.17. The summed E-state index contributed by atoms with van der Waals surface area (Å²) in [5, 5.41) is 32.3. The third-order valence-electron chi connectivity index (χ3n) is 8.20. The largest absolute Gasteiger partial charge is 0.357 e. The second-order valence-electron chi connectivity index (χ2n) is 10.7. The maximum atomic E-state index is 12.0. The number of benzene rings is 2. The van der Waals surface area contributed by atoms with E-state index in [0.717, 1.165) is 81.9 Å². The topological polar surface area (TPSA) is 142 Å². The van der Waals surface area contributed by atoms with Crippen LogP contribution in [0.5, 0.6) is 0 Å². The third-order valence-corrected chi connectivity index (χ3v) is 9.85. The van der Waals surface area contributed by atoms with Gasteiger partial charge < -0.3 is 20.6 Å². The normalized spacial score (nSPS) is 18.5. The van der Waals surface area contributed by atoms with Crippen molar-refractivity contribution in [1.29, 1.82) is 0 Å². The van der Waals surface area contributed by atoms with Gasteiger partial charge in [-0.25, -0.2) is 0 Å². The van der Waals surface area contributed by atoms with Crippen LogP contribution in [0.4, 0.5) is 11.4 Å². The van der Waals surface area contributed by atoms with Crippen molar-refractivity contribution in [1.82, 2.24) is 20.6 Å². The summed E-state index contributed by atoms with van der Waals surface area (Å²) in [4.78, 5) is 32.1. The van der Waals surface area contributed by atoms with Crippen LogP contribution in [0.2, 0.25) is 0 Å². The molecule has 2 aliphatic heterocycles. The summed E-state index contributed by atoms with van der Waals surface area (Å²) in [5.74, 6) is 1.19. The fourth-order valence-electron chi connectivity index (χ4n) is 6.28. The summed E-state index contributed by atoms with van der Waals surface area (Å²) in [5.41, 5.74) is 5.45. The van der Waals surface area contributed by atoms with Gasteiger partial charge in [-0.15, -0.1) is 23.2 Å². The SMILES string of the molecule is O=[N+]([O-])c1ccc(Sc2ccc([N+](=O)[O-])c3c4c([nH]c23)CC(CCCCl)NC4)c2[nH]c3c(c12)CNC(CCCCl)C3. The first-order chi connectivity index (χ1) is 19.9. The number of nitrogens with one attached hydrogen (secondary N) is 4. The maximum Gasteiger partial charge on any atom is 0.279 e. The van der Waals surface area contributed by atoms with Gasteiger partial charge in [0.1, 0.15) is 0 Å². The monoisotopic (exact) mass is 616 g/mol. The molecule has 0 radical (unpaired) electrons. The van der Waals surface area contributed by atoms with Gasteiger partial charge in [-0.05, 0) is 37.8 Å². The summed E-state index contributed by atoms with van der Waals surface area (Å²) >= 11 is 13.3. The Balaban J connectivity index is 1.42. The van der Waals surface area contributed by atoms with Gasteiger partial charge in [-0.1, -0.05) is 11.8 Å². The van der Waals surface area contributed by atoms with Gasteiger partial charge in [0.25, 0.3) is 11.4 Å². The Hall–Kier alpha value is -2.83. The smallest absolute Gasteiger partial charge is 0.279 e. The number of H-pyrrole nitrogens is 2. The number of non-ortho nitro benzene ring substituents is 2. The fraction of sp³-hybridized carbons (Fsp3) is 0.429. The minimum atomic E-state index is -0.332. The van der Waals surface area contributed by atoms with E-state index in [1.807, 2.05) is 0 Å². The number of nitro benzene ring substituents is 2. The van der Waals surface area contributed by atoms with E-state index in [1.165, 1.54) is 11.8 Å². The van der Waals surface area contributed by atoms with Gasteiger partial charge in [0.15, 0.2) is 0 Å². The first kappa shape index (κ1) is 28.3. The lowest BCUT2D eigenvalue weighted by molar-refractivity contribution is -0.383. The molecule has 41 heavy (non-hydrogen) atoms. The highest BCUT2D eigenvalue weighted by Crippen LogP contribution is 2.45. The quantitative estimate of drug-likeness (QED) is 0.0883. The van der Waals surface area contributed by atoms with Crippen molar-refractivity contribution >= 4 is 68.1 Å². The fourth-order valence-corrected chi connectivity index (χ4v) is 7.60. The number of hydrogen-bond donors (Lipinski definition) is 4. The van der Waals surface area contributed by atoms with Crippen molar-refractivity contribution < 1.29 is 9.85 Å². The summed E-state index contributed by atoms with van der Waals surface area (Å²) in [6.45, 7) is 1.08. The zero-order chi connectivity index (χ0) is 28.7. The number of nitrogens with zero attached hydrogens (tertiary/aromatic N) is 2. The van der Waals surface area contributed by atoms with Gasteiger partial charge in [0.2, 0.25) is 0 Å². The van der Waals surface area contributed by atoms with Crippen molar-refractivity contribution in [3.63, 3.8) is 0 Å². The Labute approximate surface area is 250 Å². The number of rotatable bonds is 10. The van der Waals surface area contributed by atoms with Crippen molar-refractivity contribution in [3.05, 3.63) is 67.0 Å². The van der Waals surface area contributed by atoms with Crippen LogP contribution in [-0.2, 0) is 25.9 Å². The van der Waals surface area contributed by atoms with E-state index in [2.05, 4.69) is 20.6 Å². The predicted octanol–water partition coefficient (Wildman–Crippen LogP) is 6.68.